The van der Waals surface area contributed by atoms with Crippen LogP contribution in [0.4, 0.5) is 5.69 Å². The van der Waals surface area contributed by atoms with E-state index in [0.717, 1.165) is 23.1 Å². The summed E-state index contributed by atoms with van der Waals surface area (Å²) in [4.78, 5) is 4.34. The van der Waals surface area contributed by atoms with Crippen LogP contribution in [0.3, 0.4) is 0 Å². The molecule has 1 aromatic carbocycles. The summed E-state index contributed by atoms with van der Waals surface area (Å²) in [5, 5.41) is 4.55. The molecule has 1 fully saturated rings. The van der Waals surface area contributed by atoms with E-state index in [1.165, 1.54) is 0 Å². The van der Waals surface area contributed by atoms with Gasteiger partial charge >= 0.3 is 0 Å². The van der Waals surface area contributed by atoms with E-state index in [2.05, 4.69) is 16.4 Å². The average molecular weight is 244 g/mol. The molecule has 0 saturated carbocycles. The first-order valence-corrected chi connectivity index (χ1v) is 6.20. The number of pyridine rings is 1. The number of rotatable bonds is 3. The summed E-state index contributed by atoms with van der Waals surface area (Å²) in [7, 11) is 0. The molecule has 1 aliphatic rings. The minimum Gasteiger partial charge on any atom is -0.382 e. The number of benzene rings is 1. The second kappa shape index (κ2) is 5.33. The van der Waals surface area contributed by atoms with Gasteiger partial charge < -0.3 is 14.8 Å². The molecular weight excluding hydrogens is 228 g/mol. The number of hydrogen-bond acceptors (Lipinski definition) is 4. The molecule has 4 nitrogen and oxygen atoms in total. The maximum atomic E-state index is 5.61. The highest BCUT2D eigenvalue weighted by Crippen LogP contribution is 2.21. The maximum absolute atomic E-state index is 5.61. The minimum absolute atomic E-state index is 0.130. The highest BCUT2D eigenvalue weighted by Gasteiger charge is 2.14. The van der Waals surface area contributed by atoms with Gasteiger partial charge in [0.2, 0.25) is 0 Å². The molecule has 94 valence electrons. The lowest BCUT2D eigenvalue weighted by molar-refractivity contribution is -0.0818. The molecule has 0 bridgehead atoms. The van der Waals surface area contributed by atoms with Crippen LogP contribution in [0.15, 0.2) is 36.5 Å². The largest absolute Gasteiger partial charge is 0.382 e. The van der Waals surface area contributed by atoms with E-state index in [-0.39, 0.29) is 6.10 Å². The lowest BCUT2D eigenvalue weighted by Gasteiger charge is -2.23. The van der Waals surface area contributed by atoms with E-state index in [0.29, 0.717) is 19.8 Å². The van der Waals surface area contributed by atoms with Gasteiger partial charge in [-0.25, -0.2) is 0 Å². The number of para-hydroxylation sites is 1. The molecule has 0 aliphatic carbocycles. The van der Waals surface area contributed by atoms with Gasteiger partial charge in [-0.15, -0.1) is 0 Å². The van der Waals surface area contributed by atoms with Crippen LogP contribution >= 0.6 is 0 Å². The standard InChI is InChI=1S/C14H16N2O2/c1-2-4-13-12(3-1)14(5-6-15-13)16-9-11-10-17-7-8-18-11/h1-6,11H,7-10H2,(H,15,16). The van der Waals surface area contributed by atoms with Crippen LogP contribution in [0.1, 0.15) is 0 Å². The lowest BCUT2D eigenvalue weighted by Crippen LogP contribution is -2.34. The zero-order valence-corrected chi connectivity index (χ0v) is 10.1. The summed E-state index contributed by atoms with van der Waals surface area (Å²) in [6.45, 7) is 2.81. The van der Waals surface area contributed by atoms with Gasteiger partial charge in [0.15, 0.2) is 0 Å². The van der Waals surface area contributed by atoms with Crippen molar-refractivity contribution in [3.05, 3.63) is 36.5 Å². The Morgan fingerprint density at radius 2 is 2.17 bits per heavy atom. The first kappa shape index (κ1) is 11.4. The van der Waals surface area contributed by atoms with Crippen molar-refractivity contribution in [3.8, 4) is 0 Å². The monoisotopic (exact) mass is 244 g/mol. The van der Waals surface area contributed by atoms with Crippen LogP contribution in [0.5, 0.6) is 0 Å². The summed E-state index contributed by atoms with van der Waals surface area (Å²) in [6, 6.07) is 10.1. The van der Waals surface area contributed by atoms with Gasteiger partial charge in [-0.1, -0.05) is 18.2 Å². The summed E-state index contributed by atoms with van der Waals surface area (Å²) in [6.07, 6.45) is 1.95. The van der Waals surface area contributed by atoms with E-state index in [1.807, 2.05) is 30.5 Å². The number of fused-ring (bicyclic) bond motifs is 1. The van der Waals surface area contributed by atoms with Gasteiger partial charge in [0, 0.05) is 23.8 Å². The van der Waals surface area contributed by atoms with E-state index in [4.69, 9.17) is 9.47 Å². The van der Waals surface area contributed by atoms with E-state index in [9.17, 15) is 0 Å². The summed E-state index contributed by atoms with van der Waals surface area (Å²) in [5.74, 6) is 0. The highest BCUT2D eigenvalue weighted by atomic mass is 16.6. The molecule has 18 heavy (non-hydrogen) atoms. The Morgan fingerprint density at radius 1 is 1.22 bits per heavy atom. The number of hydrogen-bond donors (Lipinski definition) is 1. The van der Waals surface area contributed by atoms with Crippen molar-refractivity contribution in [3.63, 3.8) is 0 Å². The third kappa shape index (κ3) is 2.44. The SMILES string of the molecule is c1ccc2c(NCC3COCCO3)ccnc2c1. The fraction of sp³-hybridized carbons (Fsp3) is 0.357. The third-order valence-corrected chi connectivity index (χ3v) is 3.05. The predicted octanol–water partition coefficient (Wildman–Crippen LogP) is 2.06. The van der Waals surface area contributed by atoms with Crippen molar-refractivity contribution < 1.29 is 9.47 Å². The van der Waals surface area contributed by atoms with Crippen molar-refractivity contribution in [1.29, 1.82) is 0 Å². The van der Waals surface area contributed by atoms with Gasteiger partial charge in [-0.05, 0) is 12.1 Å². The molecule has 1 N–H and O–H groups in total. The van der Waals surface area contributed by atoms with Crippen molar-refractivity contribution >= 4 is 16.6 Å². The molecule has 0 radical (unpaired) electrons. The smallest absolute Gasteiger partial charge is 0.0981 e. The van der Waals surface area contributed by atoms with Crippen molar-refractivity contribution in [2.24, 2.45) is 0 Å². The van der Waals surface area contributed by atoms with E-state index < -0.39 is 0 Å². The Hall–Kier alpha value is -1.65. The molecule has 1 saturated heterocycles. The number of nitrogens with one attached hydrogen (secondary N) is 1. The molecule has 1 aromatic heterocycles. The first-order chi connectivity index (χ1) is 8.93. The Bertz CT molecular complexity index is 519. The van der Waals surface area contributed by atoms with Crippen molar-refractivity contribution in [2.75, 3.05) is 31.7 Å². The topological polar surface area (TPSA) is 43.4 Å². The zero-order valence-electron chi connectivity index (χ0n) is 10.1. The fourth-order valence-electron chi connectivity index (χ4n) is 2.13. The van der Waals surface area contributed by atoms with Crippen LogP contribution in [-0.2, 0) is 9.47 Å². The molecule has 0 amide bonds. The molecule has 2 aromatic rings. The Morgan fingerprint density at radius 3 is 3.06 bits per heavy atom. The van der Waals surface area contributed by atoms with Crippen LogP contribution < -0.4 is 5.32 Å². The molecule has 1 aliphatic heterocycles. The molecule has 1 unspecified atom stereocenters. The molecule has 3 rings (SSSR count). The fourth-order valence-corrected chi connectivity index (χ4v) is 2.13. The van der Waals surface area contributed by atoms with Crippen LogP contribution in [0.25, 0.3) is 10.9 Å². The molecule has 0 spiro atoms. The van der Waals surface area contributed by atoms with Gasteiger partial charge in [-0.3, -0.25) is 4.98 Å². The van der Waals surface area contributed by atoms with Crippen LogP contribution in [0.2, 0.25) is 0 Å². The van der Waals surface area contributed by atoms with Crippen molar-refractivity contribution in [2.45, 2.75) is 6.10 Å². The normalized spacial score (nSPS) is 19.9. The zero-order chi connectivity index (χ0) is 12.2. The van der Waals surface area contributed by atoms with E-state index in [1.54, 1.807) is 0 Å². The molecule has 2 heterocycles. The summed E-state index contributed by atoms with van der Waals surface area (Å²) in [5.41, 5.74) is 2.10. The Balaban J connectivity index is 1.74. The molecule has 4 heteroatoms. The summed E-state index contributed by atoms with van der Waals surface area (Å²) < 4.78 is 11.0. The van der Waals surface area contributed by atoms with Crippen LogP contribution in [-0.4, -0.2) is 37.5 Å². The quantitative estimate of drug-likeness (QED) is 0.897. The second-order valence-electron chi connectivity index (χ2n) is 4.32. The minimum atomic E-state index is 0.130. The van der Waals surface area contributed by atoms with Gasteiger partial charge in [0.1, 0.15) is 0 Å². The van der Waals surface area contributed by atoms with Gasteiger partial charge in [0.25, 0.3) is 0 Å². The third-order valence-electron chi connectivity index (χ3n) is 3.05. The maximum Gasteiger partial charge on any atom is 0.0981 e. The van der Waals surface area contributed by atoms with Gasteiger partial charge in [0.05, 0.1) is 31.4 Å². The molecule has 1 atom stereocenters. The Labute approximate surface area is 106 Å². The van der Waals surface area contributed by atoms with Crippen LogP contribution in [0, 0.1) is 0 Å². The van der Waals surface area contributed by atoms with Crippen molar-refractivity contribution in [1.82, 2.24) is 4.98 Å². The predicted molar refractivity (Wildman–Crippen MR) is 70.8 cm³/mol. The number of aromatic nitrogens is 1. The number of anilines is 1. The Kier molecular flexibility index (Phi) is 3.39. The summed E-state index contributed by atoms with van der Waals surface area (Å²) >= 11 is 0. The second-order valence-corrected chi connectivity index (χ2v) is 4.32. The average Bonchev–Trinajstić information content (AvgIpc) is 2.46. The lowest BCUT2D eigenvalue weighted by atomic mass is 10.2. The number of nitrogens with zero attached hydrogens (tertiary/aromatic N) is 1. The van der Waals surface area contributed by atoms with Gasteiger partial charge in [-0.2, -0.15) is 0 Å². The first-order valence-electron chi connectivity index (χ1n) is 6.20. The number of ether oxygens (including phenoxy) is 2. The van der Waals surface area contributed by atoms with E-state index >= 15 is 0 Å². The molecular formula is C14H16N2O2. The highest BCUT2D eigenvalue weighted by molar-refractivity contribution is 5.90.